The second-order valence-electron chi connectivity index (χ2n) is 5.51. The summed E-state index contributed by atoms with van der Waals surface area (Å²) in [7, 11) is -3.65. The molecule has 1 aliphatic rings. The summed E-state index contributed by atoms with van der Waals surface area (Å²) >= 11 is 1.11. The molecule has 1 fully saturated rings. The highest BCUT2D eigenvalue weighted by Gasteiger charge is 2.30. The van der Waals surface area contributed by atoms with E-state index < -0.39 is 21.7 Å². The van der Waals surface area contributed by atoms with E-state index in [-0.39, 0.29) is 9.77 Å². The maximum absolute atomic E-state index is 12.9. The summed E-state index contributed by atoms with van der Waals surface area (Å²) in [5, 5.41) is 2.63. The number of thiophene rings is 1. The van der Waals surface area contributed by atoms with Gasteiger partial charge in [-0.3, -0.25) is 4.79 Å². The summed E-state index contributed by atoms with van der Waals surface area (Å²) < 4.78 is 45.0. The highest BCUT2D eigenvalue weighted by atomic mass is 32.2. The fraction of sp³-hybridized carbons (Fsp3) is 0.312. The first-order valence-corrected chi connectivity index (χ1v) is 9.89. The second-order valence-corrected chi connectivity index (χ2v) is 8.67. The number of anilines is 1. The standard InChI is InChI=1S/C16H17FN2O4S2/c1-11-15(25(21,22)19-6-8-23-9-7-19)10-14(24-11)16(20)18-13-4-2-12(17)3-5-13/h2-5,10H,6-9H2,1H3,(H,18,20). The van der Waals surface area contributed by atoms with Gasteiger partial charge in [0.15, 0.2) is 0 Å². The molecule has 1 aromatic carbocycles. The van der Waals surface area contributed by atoms with Gasteiger partial charge in [-0.15, -0.1) is 11.3 Å². The molecule has 3 rings (SSSR count). The summed E-state index contributed by atoms with van der Waals surface area (Å²) in [6, 6.07) is 6.76. The number of carbonyl (C=O) groups is 1. The minimum absolute atomic E-state index is 0.142. The lowest BCUT2D eigenvalue weighted by atomic mass is 10.3. The number of rotatable bonds is 4. The molecule has 2 heterocycles. The Hall–Kier alpha value is -1.81. The molecule has 0 radical (unpaired) electrons. The van der Waals surface area contributed by atoms with Crippen LogP contribution in [0.5, 0.6) is 0 Å². The number of carbonyl (C=O) groups excluding carboxylic acids is 1. The number of morpholine rings is 1. The van der Waals surface area contributed by atoms with Crippen LogP contribution in [0.25, 0.3) is 0 Å². The second kappa shape index (κ2) is 7.20. The Labute approximate surface area is 149 Å². The van der Waals surface area contributed by atoms with Crippen LogP contribution in [0.3, 0.4) is 0 Å². The van der Waals surface area contributed by atoms with Crippen LogP contribution in [0.4, 0.5) is 10.1 Å². The maximum Gasteiger partial charge on any atom is 0.265 e. The van der Waals surface area contributed by atoms with Gasteiger partial charge in [-0.25, -0.2) is 12.8 Å². The molecular formula is C16H17FN2O4S2. The summed E-state index contributed by atoms with van der Waals surface area (Å²) in [5.41, 5.74) is 0.440. The molecule has 0 aliphatic carbocycles. The molecule has 6 nitrogen and oxygen atoms in total. The molecule has 0 saturated carbocycles. The Kier molecular flexibility index (Phi) is 5.19. The van der Waals surface area contributed by atoms with Gasteiger partial charge in [0.25, 0.3) is 5.91 Å². The van der Waals surface area contributed by atoms with Crippen molar-refractivity contribution in [1.29, 1.82) is 0 Å². The normalized spacial score (nSPS) is 15.9. The average Bonchev–Trinajstić information content (AvgIpc) is 3.00. The van der Waals surface area contributed by atoms with E-state index in [1.807, 2.05) is 0 Å². The van der Waals surface area contributed by atoms with E-state index in [0.29, 0.717) is 36.9 Å². The third kappa shape index (κ3) is 3.90. The van der Waals surface area contributed by atoms with Gasteiger partial charge in [-0.2, -0.15) is 4.31 Å². The highest BCUT2D eigenvalue weighted by molar-refractivity contribution is 7.89. The average molecular weight is 384 g/mol. The number of aryl methyl sites for hydroxylation is 1. The zero-order chi connectivity index (χ0) is 18.0. The minimum Gasteiger partial charge on any atom is -0.379 e. The van der Waals surface area contributed by atoms with Gasteiger partial charge in [0.05, 0.1) is 23.0 Å². The SMILES string of the molecule is Cc1sc(C(=O)Nc2ccc(F)cc2)cc1S(=O)(=O)N1CCOCC1. The van der Waals surface area contributed by atoms with Crippen LogP contribution in [-0.4, -0.2) is 44.9 Å². The van der Waals surface area contributed by atoms with Crippen molar-refractivity contribution in [3.8, 4) is 0 Å². The monoisotopic (exact) mass is 384 g/mol. The zero-order valence-corrected chi connectivity index (χ0v) is 15.1. The number of hydrogen-bond donors (Lipinski definition) is 1. The molecule has 1 aromatic heterocycles. The largest absolute Gasteiger partial charge is 0.379 e. The van der Waals surface area contributed by atoms with E-state index in [4.69, 9.17) is 4.74 Å². The van der Waals surface area contributed by atoms with Crippen molar-refractivity contribution in [2.24, 2.45) is 0 Å². The Bertz CT molecular complexity index is 872. The van der Waals surface area contributed by atoms with Gasteiger partial charge in [-0.1, -0.05) is 0 Å². The fourth-order valence-electron chi connectivity index (χ4n) is 2.49. The molecule has 0 unspecified atom stereocenters. The van der Waals surface area contributed by atoms with E-state index in [2.05, 4.69) is 5.32 Å². The molecule has 1 amide bonds. The molecular weight excluding hydrogens is 367 g/mol. The third-order valence-corrected chi connectivity index (χ3v) is 6.99. The Morgan fingerprint density at radius 2 is 1.88 bits per heavy atom. The number of amides is 1. The van der Waals surface area contributed by atoms with Crippen molar-refractivity contribution in [2.45, 2.75) is 11.8 Å². The van der Waals surface area contributed by atoms with Gasteiger partial charge >= 0.3 is 0 Å². The zero-order valence-electron chi connectivity index (χ0n) is 13.5. The third-order valence-electron chi connectivity index (χ3n) is 3.79. The Balaban J connectivity index is 1.81. The number of ether oxygens (including phenoxy) is 1. The summed E-state index contributed by atoms with van der Waals surface area (Å²) in [6.07, 6.45) is 0. The van der Waals surface area contributed by atoms with Crippen molar-refractivity contribution in [2.75, 3.05) is 31.6 Å². The predicted molar refractivity (Wildman–Crippen MR) is 93.0 cm³/mol. The summed E-state index contributed by atoms with van der Waals surface area (Å²) in [5.74, 6) is -0.827. The molecule has 1 N–H and O–H groups in total. The molecule has 2 aromatic rings. The lowest BCUT2D eigenvalue weighted by Crippen LogP contribution is -2.40. The van der Waals surface area contributed by atoms with Crippen LogP contribution in [0.2, 0.25) is 0 Å². The van der Waals surface area contributed by atoms with Crippen molar-refractivity contribution < 1.29 is 22.3 Å². The van der Waals surface area contributed by atoms with Gasteiger partial charge < -0.3 is 10.1 Å². The number of benzene rings is 1. The molecule has 1 saturated heterocycles. The van der Waals surface area contributed by atoms with E-state index in [1.54, 1.807) is 6.92 Å². The maximum atomic E-state index is 12.9. The number of sulfonamides is 1. The van der Waals surface area contributed by atoms with Crippen molar-refractivity contribution in [1.82, 2.24) is 4.31 Å². The number of nitrogens with one attached hydrogen (secondary N) is 1. The molecule has 0 bridgehead atoms. The van der Waals surface area contributed by atoms with E-state index in [9.17, 15) is 17.6 Å². The first-order chi connectivity index (χ1) is 11.9. The van der Waals surface area contributed by atoms with Crippen LogP contribution in [0.1, 0.15) is 14.5 Å². The van der Waals surface area contributed by atoms with Crippen LogP contribution in [0.15, 0.2) is 35.2 Å². The van der Waals surface area contributed by atoms with Crippen LogP contribution in [-0.2, 0) is 14.8 Å². The minimum atomic E-state index is -3.65. The number of hydrogen-bond acceptors (Lipinski definition) is 5. The molecule has 0 atom stereocenters. The number of halogens is 1. The Morgan fingerprint density at radius 3 is 2.52 bits per heavy atom. The lowest BCUT2D eigenvalue weighted by molar-refractivity contribution is 0.0730. The van der Waals surface area contributed by atoms with Gasteiger partial charge in [0, 0.05) is 23.7 Å². The fourth-order valence-corrected chi connectivity index (χ4v) is 5.35. The van der Waals surface area contributed by atoms with E-state index in [0.717, 1.165) is 11.3 Å². The van der Waals surface area contributed by atoms with Crippen LogP contribution >= 0.6 is 11.3 Å². The summed E-state index contributed by atoms with van der Waals surface area (Å²) in [6.45, 7) is 3.00. The molecule has 25 heavy (non-hydrogen) atoms. The number of nitrogens with zero attached hydrogens (tertiary/aromatic N) is 1. The van der Waals surface area contributed by atoms with Crippen molar-refractivity contribution >= 4 is 33.0 Å². The molecule has 0 spiro atoms. The topological polar surface area (TPSA) is 75.7 Å². The first-order valence-electron chi connectivity index (χ1n) is 7.63. The van der Waals surface area contributed by atoms with Crippen molar-refractivity contribution in [3.05, 3.63) is 45.9 Å². The highest BCUT2D eigenvalue weighted by Crippen LogP contribution is 2.29. The molecule has 1 aliphatic heterocycles. The molecule has 9 heteroatoms. The van der Waals surface area contributed by atoms with Gasteiger partial charge in [0.2, 0.25) is 10.0 Å². The van der Waals surface area contributed by atoms with Crippen molar-refractivity contribution in [3.63, 3.8) is 0 Å². The Morgan fingerprint density at radius 1 is 1.24 bits per heavy atom. The quantitative estimate of drug-likeness (QED) is 0.879. The van der Waals surface area contributed by atoms with E-state index >= 15 is 0 Å². The smallest absolute Gasteiger partial charge is 0.265 e. The van der Waals surface area contributed by atoms with Gasteiger partial charge in [0.1, 0.15) is 5.82 Å². The van der Waals surface area contributed by atoms with Crippen LogP contribution < -0.4 is 5.32 Å². The first kappa shape index (κ1) is 18.0. The summed E-state index contributed by atoms with van der Waals surface area (Å²) in [4.78, 5) is 13.3. The lowest BCUT2D eigenvalue weighted by Gasteiger charge is -2.25. The van der Waals surface area contributed by atoms with Gasteiger partial charge in [-0.05, 0) is 37.3 Å². The predicted octanol–water partition coefficient (Wildman–Crippen LogP) is 2.47. The van der Waals surface area contributed by atoms with Crippen LogP contribution in [0, 0.1) is 12.7 Å². The molecule has 134 valence electrons. The van der Waals surface area contributed by atoms with E-state index in [1.165, 1.54) is 34.6 Å².